The van der Waals surface area contributed by atoms with E-state index in [-0.39, 0.29) is 11.7 Å². The second kappa shape index (κ2) is 10.8. The average Bonchev–Trinajstić information content (AvgIpc) is 3.12. The zero-order chi connectivity index (χ0) is 20.5. The highest BCUT2D eigenvalue weighted by Gasteiger charge is 2.16. The number of nitrogens with zero attached hydrogens (tertiary/aromatic N) is 1. The fraction of sp³-hybridized carbons (Fsp3) is 0.545. The topological polar surface area (TPSA) is 81.3 Å². The maximum absolute atomic E-state index is 13.3. The molecule has 1 aliphatic rings. The largest absolute Gasteiger partial charge is 0.361 e. The van der Waals surface area contributed by atoms with Crippen molar-refractivity contribution in [2.45, 2.75) is 44.9 Å². The molecular formula is C22H32FN5O. The summed E-state index contributed by atoms with van der Waals surface area (Å²) in [6.07, 6.45) is 9.58. The van der Waals surface area contributed by atoms with E-state index in [0.717, 1.165) is 22.9 Å². The third kappa shape index (κ3) is 6.48. The number of amides is 1. The highest BCUT2D eigenvalue weighted by molar-refractivity contribution is 5.83. The molecule has 0 aliphatic heterocycles. The molecule has 0 atom stereocenters. The predicted octanol–water partition coefficient (Wildman–Crippen LogP) is 3.10. The maximum Gasteiger partial charge on any atom is 0.220 e. The van der Waals surface area contributed by atoms with Gasteiger partial charge in [0.2, 0.25) is 5.91 Å². The van der Waals surface area contributed by atoms with Crippen molar-refractivity contribution in [3.05, 3.63) is 35.8 Å². The number of guanidine groups is 1. The van der Waals surface area contributed by atoms with Gasteiger partial charge in [-0.25, -0.2) is 4.39 Å². The van der Waals surface area contributed by atoms with E-state index >= 15 is 0 Å². The number of carbonyl (C=O) groups excluding carboxylic acids is 1. The van der Waals surface area contributed by atoms with Crippen molar-refractivity contribution in [3.8, 4) is 0 Å². The number of hydrogen-bond donors (Lipinski definition) is 4. The van der Waals surface area contributed by atoms with E-state index < -0.39 is 0 Å². The van der Waals surface area contributed by atoms with E-state index in [1.165, 1.54) is 44.2 Å². The quantitative estimate of drug-likeness (QED) is 0.312. The van der Waals surface area contributed by atoms with Gasteiger partial charge in [-0.05, 0) is 48.9 Å². The van der Waals surface area contributed by atoms with Crippen molar-refractivity contribution in [2.75, 3.05) is 26.7 Å². The molecule has 1 aromatic carbocycles. The van der Waals surface area contributed by atoms with Crippen LogP contribution in [0.2, 0.25) is 0 Å². The van der Waals surface area contributed by atoms with Crippen molar-refractivity contribution >= 4 is 22.8 Å². The van der Waals surface area contributed by atoms with Crippen LogP contribution in [-0.2, 0) is 11.2 Å². The number of halogens is 1. The predicted molar refractivity (Wildman–Crippen MR) is 116 cm³/mol. The van der Waals surface area contributed by atoms with Crippen LogP contribution in [0.15, 0.2) is 29.4 Å². The third-order valence-electron chi connectivity index (χ3n) is 5.58. The Labute approximate surface area is 171 Å². The van der Waals surface area contributed by atoms with Crippen LogP contribution in [0.5, 0.6) is 0 Å². The van der Waals surface area contributed by atoms with Crippen LogP contribution in [-0.4, -0.2) is 43.5 Å². The minimum absolute atomic E-state index is 0.150. The molecule has 4 N–H and O–H groups in total. The summed E-state index contributed by atoms with van der Waals surface area (Å²) >= 11 is 0. The van der Waals surface area contributed by atoms with Crippen molar-refractivity contribution in [1.29, 1.82) is 0 Å². The highest BCUT2D eigenvalue weighted by Crippen LogP contribution is 2.26. The molecule has 1 saturated carbocycles. The lowest BCUT2D eigenvalue weighted by molar-refractivity contribution is -0.122. The molecule has 0 bridgehead atoms. The summed E-state index contributed by atoms with van der Waals surface area (Å²) < 4.78 is 13.3. The van der Waals surface area contributed by atoms with Crippen LogP contribution in [0.4, 0.5) is 4.39 Å². The minimum Gasteiger partial charge on any atom is -0.361 e. The van der Waals surface area contributed by atoms with Gasteiger partial charge in [-0.15, -0.1) is 0 Å². The number of aromatic nitrogens is 1. The van der Waals surface area contributed by atoms with Crippen LogP contribution < -0.4 is 16.0 Å². The van der Waals surface area contributed by atoms with Crippen molar-refractivity contribution < 1.29 is 9.18 Å². The first kappa shape index (κ1) is 21.1. The third-order valence-corrected chi connectivity index (χ3v) is 5.58. The van der Waals surface area contributed by atoms with Gasteiger partial charge in [0.25, 0.3) is 0 Å². The molecule has 1 heterocycles. The summed E-state index contributed by atoms with van der Waals surface area (Å²) in [5.41, 5.74) is 1.95. The smallest absolute Gasteiger partial charge is 0.220 e. The number of benzene rings is 1. The van der Waals surface area contributed by atoms with Gasteiger partial charge < -0.3 is 20.9 Å². The standard InChI is InChI=1S/C22H32FN5O/c1-24-22(27-12-11-25-21(29)13-16-5-3-2-4-6-16)26-10-9-17-15-28-20-14-18(23)7-8-19(17)20/h7-8,14-16,28H,2-6,9-13H2,1H3,(H,25,29)(H2,24,26,27). The van der Waals surface area contributed by atoms with Gasteiger partial charge in [0, 0.05) is 50.2 Å². The molecular weight excluding hydrogens is 369 g/mol. The molecule has 0 spiro atoms. The lowest BCUT2D eigenvalue weighted by atomic mass is 9.87. The lowest BCUT2D eigenvalue weighted by Gasteiger charge is -2.20. The molecule has 7 heteroatoms. The molecule has 6 nitrogen and oxygen atoms in total. The van der Waals surface area contributed by atoms with Gasteiger partial charge in [0.15, 0.2) is 5.96 Å². The van der Waals surface area contributed by atoms with E-state index in [1.54, 1.807) is 13.1 Å². The summed E-state index contributed by atoms with van der Waals surface area (Å²) in [5, 5.41) is 10.5. The Balaban J connectivity index is 1.32. The van der Waals surface area contributed by atoms with Crippen LogP contribution >= 0.6 is 0 Å². The Hall–Kier alpha value is -2.57. The van der Waals surface area contributed by atoms with E-state index in [1.807, 2.05) is 6.20 Å². The summed E-state index contributed by atoms with van der Waals surface area (Å²) in [7, 11) is 1.73. The molecule has 0 saturated heterocycles. The number of rotatable bonds is 8. The van der Waals surface area contributed by atoms with Gasteiger partial charge >= 0.3 is 0 Å². The van der Waals surface area contributed by atoms with Gasteiger partial charge in [0.05, 0.1) is 0 Å². The van der Waals surface area contributed by atoms with Gasteiger partial charge in [-0.1, -0.05) is 19.3 Å². The zero-order valence-electron chi connectivity index (χ0n) is 17.2. The molecule has 29 heavy (non-hydrogen) atoms. The fourth-order valence-electron chi connectivity index (χ4n) is 4.01. The first-order valence-electron chi connectivity index (χ1n) is 10.6. The number of hydrogen-bond acceptors (Lipinski definition) is 2. The van der Waals surface area contributed by atoms with E-state index in [4.69, 9.17) is 0 Å². The number of fused-ring (bicyclic) bond motifs is 1. The Bertz CT molecular complexity index is 826. The maximum atomic E-state index is 13.3. The molecule has 2 aromatic rings. The van der Waals surface area contributed by atoms with E-state index in [2.05, 4.69) is 25.9 Å². The molecule has 158 valence electrons. The zero-order valence-corrected chi connectivity index (χ0v) is 17.2. The average molecular weight is 402 g/mol. The molecule has 0 unspecified atom stereocenters. The Kier molecular flexibility index (Phi) is 7.90. The first-order chi connectivity index (χ1) is 14.2. The molecule has 3 rings (SSSR count). The highest BCUT2D eigenvalue weighted by atomic mass is 19.1. The van der Waals surface area contributed by atoms with Crippen LogP contribution in [0.1, 0.15) is 44.1 Å². The summed E-state index contributed by atoms with van der Waals surface area (Å²) in [5.74, 6) is 1.18. The minimum atomic E-state index is -0.237. The van der Waals surface area contributed by atoms with Gasteiger partial charge in [-0.2, -0.15) is 0 Å². The molecule has 1 aromatic heterocycles. The SMILES string of the molecule is CN=C(NCCNC(=O)CC1CCCCC1)NCCc1c[nH]c2cc(F)ccc12. The van der Waals surface area contributed by atoms with Crippen molar-refractivity contribution in [1.82, 2.24) is 20.9 Å². The summed E-state index contributed by atoms with van der Waals surface area (Å²) in [6.45, 7) is 1.92. The van der Waals surface area contributed by atoms with Crippen molar-refractivity contribution in [2.24, 2.45) is 10.9 Å². The molecule has 1 aliphatic carbocycles. The summed E-state index contributed by atoms with van der Waals surface area (Å²) in [4.78, 5) is 19.4. The first-order valence-corrected chi connectivity index (χ1v) is 10.6. The Morgan fingerprint density at radius 2 is 1.90 bits per heavy atom. The number of aromatic amines is 1. The van der Waals surface area contributed by atoms with Crippen LogP contribution in [0, 0.1) is 11.7 Å². The number of nitrogens with one attached hydrogen (secondary N) is 4. The fourth-order valence-corrected chi connectivity index (χ4v) is 4.01. The normalized spacial score (nSPS) is 15.4. The molecule has 0 radical (unpaired) electrons. The number of aliphatic imine (C=N–C) groups is 1. The van der Waals surface area contributed by atoms with Crippen molar-refractivity contribution in [3.63, 3.8) is 0 Å². The van der Waals surface area contributed by atoms with Gasteiger partial charge in [-0.3, -0.25) is 9.79 Å². The Morgan fingerprint density at radius 3 is 2.69 bits per heavy atom. The molecule has 1 amide bonds. The van der Waals surface area contributed by atoms with E-state index in [9.17, 15) is 9.18 Å². The lowest BCUT2D eigenvalue weighted by Crippen LogP contribution is -2.42. The van der Waals surface area contributed by atoms with Gasteiger partial charge in [0.1, 0.15) is 5.82 Å². The number of carbonyl (C=O) groups is 1. The second-order valence-corrected chi connectivity index (χ2v) is 7.74. The van der Waals surface area contributed by atoms with E-state index in [0.29, 0.717) is 37.9 Å². The Morgan fingerprint density at radius 1 is 1.14 bits per heavy atom. The second-order valence-electron chi connectivity index (χ2n) is 7.74. The monoisotopic (exact) mass is 401 g/mol. The molecule has 1 fully saturated rings. The van der Waals surface area contributed by atoms with Crippen LogP contribution in [0.25, 0.3) is 10.9 Å². The summed E-state index contributed by atoms with van der Waals surface area (Å²) in [6, 6.07) is 4.80. The number of H-pyrrole nitrogens is 1. The van der Waals surface area contributed by atoms with Crippen LogP contribution in [0.3, 0.4) is 0 Å².